The number of hydrogen-bond acceptors (Lipinski definition) is 4. The Morgan fingerprint density at radius 2 is 2.04 bits per heavy atom. The fourth-order valence-corrected chi connectivity index (χ4v) is 3.19. The number of benzene rings is 1. The van der Waals surface area contributed by atoms with Crippen LogP contribution in [0.25, 0.3) is 10.9 Å². The van der Waals surface area contributed by atoms with E-state index in [1.807, 2.05) is 24.0 Å². The highest BCUT2D eigenvalue weighted by Gasteiger charge is 2.20. The molecule has 3 rings (SSSR count). The van der Waals surface area contributed by atoms with E-state index < -0.39 is 0 Å². The van der Waals surface area contributed by atoms with Gasteiger partial charge in [0.25, 0.3) is 5.56 Å². The predicted octanol–water partition coefficient (Wildman–Crippen LogP) is 1.74. The zero-order valence-electron chi connectivity index (χ0n) is 13.0. The van der Waals surface area contributed by atoms with Gasteiger partial charge in [0.05, 0.1) is 17.4 Å². The first-order valence-electron chi connectivity index (χ1n) is 7.75. The van der Waals surface area contributed by atoms with Crippen LogP contribution in [0.1, 0.15) is 19.2 Å². The molecule has 23 heavy (non-hydrogen) atoms. The molecule has 1 aliphatic rings. The number of nitrogens with one attached hydrogen (secondary N) is 1. The van der Waals surface area contributed by atoms with E-state index in [0.717, 1.165) is 30.7 Å². The Labute approximate surface area is 142 Å². The van der Waals surface area contributed by atoms with Crippen LogP contribution in [0, 0.1) is 0 Å². The molecule has 0 spiro atoms. The molecule has 0 radical (unpaired) electrons. The number of nitrogens with zero attached hydrogens (tertiary/aromatic N) is 3. The third-order valence-corrected chi connectivity index (χ3v) is 4.61. The number of amides is 1. The summed E-state index contributed by atoms with van der Waals surface area (Å²) in [4.78, 5) is 35.4. The third kappa shape index (κ3) is 3.61. The molecule has 0 atom stereocenters. The van der Waals surface area contributed by atoms with E-state index in [9.17, 15) is 9.59 Å². The molecule has 1 aromatic carbocycles. The molecule has 1 aliphatic heterocycles. The molecule has 0 unspecified atom stereocenters. The van der Waals surface area contributed by atoms with Crippen LogP contribution in [-0.4, -0.2) is 51.9 Å². The minimum absolute atomic E-state index is 0.119. The molecule has 1 aromatic heterocycles. The number of piperazine rings is 1. The number of carbonyl (C=O) groups excluding carboxylic acids is 1. The molecule has 2 heterocycles. The highest BCUT2D eigenvalue weighted by molar-refractivity contribution is 9.10. The van der Waals surface area contributed by atoms with Crippen LogP contribution in [0.2, 0.25) is 0 Å². The standard InChI is InChI=1S/C16H19BrN4O2/c1-2-15(22)21-7-5-20(6-8-21)10-14-18-13-4-3-11(17)9-12(13)16(23)19-14/h3-4,9H,2,5-8,10H2,1H3,(H,18,19,23). The van der Waals surface area contributed by atoms with Crippen LogP contribution >= 0.6 is 15.9 Å². The van der Waals surface area contributed by atoms with Gasteiger partial charge >= 0.3 is 0 Å². The number of H-pyrrole nitrogens is 1. The van der Waals surface area contributed by atoms with Crippen molar-refractivity contribution in [3.8, 4) is 0 Å². The molecule has 1 fully saturated rings. The van der Waals surface area contributed by atoms with Gasteiger partial charge in [-0.1, -0.05) is 22.9 Å². The summed E-state index contributed by atoms with van der Waals surface area (Å²) in [5.41, 5.74) is 0.581. The van der Waals surface area contributed by atoms with Crippen LogP contribution in [0.5, 0.6) is 0 Å². The number of aromatic nitrogens is 2. The second kappa shape index (κ2) is 6.80. The maximum Gasteiger partial charge on any atom is 0.258 e. The van der Waals surface area contributed by atoms with Crippen molar-refractivity contribution in [3.63, 3.8) is 0 Å². The van der Waals surface area contributed by atoms with Gasteiger partial charge < -0.3 is 9.88 Å². The third-order valence-electron chi connectivity index (χ3n) is 4.12. The number of aromatic amines is 1. The maximum atomic E-state index is 12.2. The Morgan fingerprint density at radius 1 is 1.30 bits per heavy atom. The molecule has 0 aliphatic carbocycles. The lowest BCUT2D eigenvalue weighted by Gasteiger charge is -2.34. The summed E-state index contributed by atoms with van der Waals surface area (Å²) in [6.07, 6.45) is 0.551. The van der Waals surface area contributed by atoms with Crippen molar-refractivity contribution in [3.05, 3.63) is 38.9 Å². The smallest absolute Gasteiger partial charge is 0.258 e. The summed E-state index contributed by atoms with van der Waals surface area (Å²) >= 11 is 3.37. The minimum atomic E-state index is -0.119. The first-order valence-corrected chi connectivity index (χ1v) is 8.54. The molecule has 7 heteroatoms. The monoisotopic (exact) mass is 378 g/mol. The van der Waals surface area contributed by atoms with Gasteiger partial charge in [-0.15, -0.1) is 0 Å². The van der Waals surface area contributed by atoms with Crippen LogP contribution in [0.3, 0.4) is 0 Å². The summed E-state index contributed by atoms with van der Waals surface area (Å²) < 4.78 is 0.863. The van der Waals surface area contributed by atoms with Crippen molar-refractivity contribution in [2.24, 2.45) is 0 Å². The van der Waals surface area contributed by atoms with E-state index in [1.165, 1.54) is 0 Å². The van der Waals surface area contributed by atoms with Crippen molar-refractivity contribution in [1.29, 1.82) is 0 Å². The molecule has 2 aromatic rings. The fraction of sp³-hybridized carbons (Fsp3) is 0.438. The molecule has 0 saturated carbocycles. The van der Waals surface area contributed by atoms with E-state index in [2.05, 4.69) is 30.8 Å². The Morgan fingerprint density at radius 3 is 2.74 bits per heavy atom. The lowest BCUT2D eigenvalue weighted by Crippen LogP contribution is -2.48. The summed E-state index contributed by atoms with van der Waals surface area (Å²) in [5.74, 6) is 0.868. The van der Waals surface area contributed by atoms with Gasteiger partial charge in [-0.2, -0.15) is 0 Å². The number of halogens is 1. The zero-order chi connectivity index (χ0) is 16.4. The van der Waals surface area contributed by atoms with Gasteiger partial charge in [-0.25, -0.2) is 4.98 Å². The van der Waals surface area contributed by atoms with Crippen molar-refractivity contribution < 1.29 is 4.79 Å². The highest BCUT2D eigenvalue weighted by Crippen LogP contribution is 2.15. The topological polar surface area (TPSA) is 69.3 Å². The van der Waals surface area contributed by atoms with Crippen molar-refractivity contribution in [2.45, 2.75) is 19.9 Å². The number of rotatable bonds is 3. The molecule has 6 nitrogen and oxygen atoms in total. The molecule has 1 saturated heterocycles. The molecule has 122 valence electrons. The van der Waals surface area contributed by atoms with Gasteiger partial charge in [0.15, 0.2) is 0 Å². The van der Waals surface area contributed by atoms with Gasteiger partial charge in [0.1, 0.15) is 5.82 Å². The minimum Gasteiger partial charge on any atom is -0.340 e. The number of hydrogen-bond donors (Lipinski definition) is 1. The number of fused-ring (bicyclic) bond motifs is 1. The molecular formula is C16H19BrN4O2. The van der Waals surface area contributed by atoms with Crippen LogP contribution < -0.4 is 5.56 Å². The van der Waals surface area contributed by atoms with Crippen LogP contribution in [0.15, 0.2) is 27.5 Å². The predicted molar refractivity (Wildman–Crippen MR) is 92.2 cm³/mol. The maximum absolute atomic E-state index is 12.2. The van der Waals surface area contributed by atoms with E-state index in [1.54, 1.807) is 6.07 Å². The Kier molecular flexibility index (Phi) is 4.77. The summed E-state index contributed by atoms with van der Waals surface area (Å²) in [7, 11) is 0. The van der Waals surface area contributed by atoms with E-state index in [4.69, 9.17) is 0 Å². The Balaban J connectivity index is 1.72. The second-order valence-corrected chi connectivity index (χ2v) is 6.60. The van der Waals surface area contributed by atoms with Gasteiger partial charge in [0, 0.05) is 37.1 Å². The van der Waals surface area contributed by atoms with Gasteiger partial charge in [-0.05, 0) is 18.2 Å². The quantitative estimate of drug-likeness (QED) is 0.882. The van der Waals surface area contributed by atoms with Gasteiger partial charge in [0.2, 0.25) is 5.91 Å². The second-order valence-electron chi connectivity index (χ2n) is 5.68. The van der Waals surface area contributed by atoms with E-state index >= 15 is 0 Å². The average Bonchev–Trinajstić information content (AvgIpc) is 2.55. The normalized spacial score (nSPS) is 16.0. The van der Waals surface area contributed by atoms with Crippen molar-refractivity contribution in [2.75, 3.05) is 26.2 Å². The Bertz CT molecular complexity index is 781. The average molecular weight is 379 g/mol. The molecular weight excluding hydrogens is 360 g/mol. The Hall–Kier alpha value is -1.73. The zero-order valence-corrected chi connectivity index (χ0v) is 14.6. The fourth-order valence-electron chi connectivity index (χ4n) is 2.83. The van der Waals surface area contributed by atoms with Crippen molar-refractivity contribution >= 4 is 32.7 Å². The lowest BCUT2D eigenvalue weighted by molar-refractivity contribution is -0.132. The van der Waals surface area contributed by atoms with E-state index in [0.29, 0.717) is 29.7 Å². The number of carbonyl (C=O) groups is 1. The highest BCUT2D eigenvalue weighted by atomic mass is 79.9. The first-order chi connectivity index (χ1) is 11.1. The largest absolute Gasteiger partial charge is 0.340 e. The van der Waals surface area contributed by atoms with Crippen LogP contribution in [-0.2, 0) is 11.3 Å². The summed E-state index contributed by atoms with van der Waals surface area (Å²) in [6.45, 7) is 5.54. The first kappa shape index (κ1) is 16.1. The van der Waals surface area contributed by atoms with Gasteiger partial charge in [-0.3, -0.25) is 14.5 Å². The van der Waals surface area contributed by atoms with E-state index in [-0.39, 0.29) is 11.5 Å². The summed E-state index contributed by atoms with van der Waals surface area (Å²) in [6, 6.07) is 5.50. The van der Waals surface area contributed by atoms with Crippen molar-refractivity contribution in [1.82, 2.24) is 19.8 Å². The molecule has 0 bridgehead atoms. The molecule has 1 N–H and O–H groups in total. The lowest BCUT2D eigenvalue weighted by atomic mass is 10.2. The molecule has 1 amide bonds. The summed E-state index contributed by atoms with van der Waals surface area (Å²) in [5, 5.41) is 0.585. The van der Waals surface area contributed by atoms with Crippen LogP contribution in [0.4, 0.5) is 0 Å². The SMILES string of the molecule is CCC(=O)N1CCN(Cc2nc3ccc(Br)cc3c(=O)[nH]2)CC1.